The highest BCUT2D eigenvalue weighted by molar-refractivity contribution is 7.73. The Hall–Kier alpha value is -3.01. The SMILES string of the molecule is O=C(Cc1ccc(F)cc1)N1CCN(C(=O)c2ccc(N[SH](=O)=O)c(F)c2)CC1. The third-order valence-corrected chi connectivity index (χ3v) is 5.04. The lowest BCUT2D eigenvalue weighted by molar-refractivity contribution is -0.131. The summed E-state index contributed by atoms with van der Waals surface area (Å²) >= 11 is 0. The summed E-state index contributed by atoms with van der Waals surface area (Å²) < 4.78 is 50.1. The molecule has 0 aliphatic carbocycles. The molecule has 1 N–H and O–H groups in total. The van der Waals surface area contributed by atoms with Crippen LogP contribution < -0.4 is 4.72 Å². The first-order valence-electron chi connectivity index (χ1n) is 8.85. The van der Waals surface area contributed by atoms with Gasteiger partial charge in [-0.05, 0) is 35.9 Å². The van der Waals surface area contributed by atoms with Crippen LogP contribution in [0.1, 0.15) is 15.9 Å². The van der Waals surface area contributed by atoms with Crippen LogP contribution in [-0.4, -0.2) is 56.2 Å². The van der Waals surface area contributed by atoms with Crippen LogP contribution in [0.2, 0.25) is 0 Å². The number of piperazine rings is 1. The smallest absolute Gasteiger partial charge is 0.254 e. The Morgan fingerprint density at radius 1 is 0.931 bits per heavy atom. The molecule has 29 heavy (non-hydrogen) atoms. The molecule has 1 aliphatic rings. The average molecular weight is 423 g/mol. The molecule has 0 atom stereocenters. The second-order valence-electron chi connectivity index (χ2n) is 6.54. The Morgan fingerprint density at radius 3 is 2.14 bits per heavy atom. The predicted octanol–water partition coefficient (Wildman–Crippen LogP) is 1.43. The van der Waals surface area contributed by atoms with Crippen molar-refractivity contribution in [1.29, 1.82) is 0 Å². The predicted molar refractivity (Wildman–Crippen MR) is 103 cm³/mol. The summed E-state index contributed by atoms with van der Waals surface area (Å²) in [4.78, 5) is 28.1. The van der Waals surface area contributed by atoms with Crippen molar-refractivity contribution in [2.75, 3.05) is 30.9 Å². The largest absolute Gasteiger partial charge is 0.339 e. The maximum atomic E-state index is 14.0. The third kappa shape index (κ3) is 5.29. The molecule has 0 saturated carbocycles. The quantitative estimate of drug-likeness (QED) is 0.713. The molecule has 2 amide bonds. The Morgan fingerprint density at radius 2 is 1.55 bits per heavy atom. The number of amides is 2. The van der Waals surface area contributed by atoms with Crippen molar-refractivity contribution in [2.24, 2.45) is 0 Å². The van der Waals surface area contributed by atoms with Gasteiger partial charge in [0, 0.05) is 31.7 Å². The maximum Gasteiger partial charge on any atom is 0.254 e. The number of nitrogens with one attached hydrogen (secondary N) is 1. The molecule has 10 heteroatoms. The van der Waals surface area contributed by atoms with Gasteiger partial charge in [-0.3, -0.25) is 14.3 Å². The summed E-state index contributed by atoms with van der Waals surface area (Å²) in [5, 5.41) is 0. The van der Waals surface area contributed by atoms with Crippen LogP contribution in [0.15, 0.2) is 42.5 Å². The third-order valence-electron chi connectivity index (χ3n) is 4.62. The average Bonchev–Trinajstić information content (AvgIpc) is 2.70. The summed E-state index contributed by atoms with van der Waals surface area (Å²) in [6, 6.07) is 9.24. The van der Waals surface area contributed by atoms with Crippen molar-refractivity contribution in [3.05, 3.63) is 65.2 Å². The molecule has 2 aromatic carbocycles. The van der Waals surface area contributed by atoms with Crippen LogP contribution in [0.5, 0.6) is 0 Å². The molecule has 1 aliphatic heterocycles. The zero-order chi connectivity index (χ0) is 21.0. The van der Waals surface area contributed by atoms with E-state index in [-0.39, 0.29) is 29.4 Å². The molecule has 1 fully saturated rings. The Bertz CT molecular complexity index is 979. The van der Waals surface area contributed by atoms with Gasteiger partial charge in [0.05, 0.1) is 12.1 Å². The second kappa shape index (κ2) is 8.99. The van der Waals surface area contributed by atoms with Gasteiger partial charge in [0.15, 0.2) is 0 Å². The van der Waals surface area contributed by atoms with Gasteiger partial charge in [-0.1, -0.05) is 12.1 Å². The van der Waals surface area contributed by atoms with E-state index in [2.05, 4.69) is 0 Å². The lowest BCUT2D eigenvalue weighted by atomic mass is 10.1. The van der Waals surface area contributed by atoms with E-state index in [0.717, 1.165) is 6.07 Å². The number of thiol groups is 1. The van der Waals surface area contributed by atoms with E-state index in [4.69, 9.17) is 0 Å². The number of nitrogens with zero attached hydrogens (tertiary/aromatic N) is 2. The minimum Gasteiger partial charge on any atom is -0.339 e. The Kier molecular flexibility index (Phi) is 6.42. The fraction of sp³-hybridized carbons (Fsp3) is 0.263. The number of carbonyl (C=O) groups is 2. The zero-order valence-corrected chi connectivity index (χ0v) is 16.2. The van der Waals surface area contributed by atoms with Crippen molar-refractivity contribution in [3.63, 3.8) is 0 Å². The monoisotopic (exact) mass is 423 g/mol. The Balaban J connectivity index is 1.57. The lowest BCUT2D eigenvalue weighted by Gasteiger charge is -2.35. The van der Waals surface area contributed by atoms with Crippen LogP contribution in [0.3, 0.4) is 0 Å². The van der Waals surface area contributed by atoms with E-state index < -0.39 is 22.6 Å². The molecule has 1 saturated heterocycles. The minimum atomic E-state index is -3.00. The molecule has 0 bridgehead atoms. The molecule has 1 heterocycles. The van der Waals surface area contributed by atoms with Crippen molar-refractivity contribution >= 4 is 28.4 Å². The summed E-state index contributed by atoms with van der Waals surface area (Å²) in [5.74, 6) is -1.72. The van der Waals surface area contributed by atoms with Gasteiger partial charge < -0.3 is 9.80 Å². The number of hydrogen-bond acceptors (Lipinski definition) is 4. The van der Waals surface area contributed by atoms with Crippen LogP contribution in [0, 0.1) is 11.6 Å². The van der Waals surface area contributed by atoms with Gasteiger partial charge in [-0.15, -0.1) is 0 Å². The standard InChI is InChI=1S/C19H19F2N3O4S/c20-15-4-1-13(2-5-15)11-18(25)23-7-9-24(10-8-23)19(26)14-3-6-17(16(21)12-14)22-29(27)28/h1-6,12,29H,7-11H2,(H,22,27,28). The van der Waals surface area contributed by atoms with E-state index >= 15 is 0 Å². The molecular formula is C19H19F2N3O4S. The van der Waals surface area contributed by atoms with Gasteiger partial charge in [0.1, 0.15) is 11.6 Å². The Labute approximate surface area is 168 Å². The molecule has 7 nitrogen and oxygen atoms in total. The van der Waals surface area contributed by atoms with Crippen molar-refractivity contribution < 1.29 is 26.8 Å². The highest BCUT2D eigenvalue weighted by Gasteiger charge is 2.25. The van der Waals surface area contributed by atoms with Crippen LogP contribution >= 0.6 is 0 Å². The summed E-state index contributed by atoms with van der Waals surface area (Å²) in [6.07, 6.45) is 0.149. The minimum absolute atomic E-state index is 0.0975. The number of anilines is 1. The van der Waals surface area contributed by atoms with E-state index in [1.165, 1.54) is 29.2 Å². The number of carbonyl (C=O) groups excluding carboxylic acids is 2. The normalized spacial score (nSPS) is 14.2. The first-order chi connectivity index (χ1) is 13.8. The molecule has 3 rings (SSSR count). The number of rotatable bonds is 5. The second-order valence-corrected chi connectivity index (χ2v) is 7.28. The number of benzene rings is 2. The van der Waals surface area contributed by atoms with Crippen LogP contribution in [-0.2, 0) is 22.1 Å². The first-order valence-corrected chi connectivity index (χ1v) is 10.0. The summed E-state index contributed by atoms with van der Waals surface area (Å²) in [6.45, 7) is 1.26. The summed E-state index contributed by atoms with van der Waals surface area (Å²) in [5.41, 5.74) is 0.577. The van der Waals surface area contributed by atoms with Crippen LogP contribution in [0.4, 0.5) is 14.5 Å². The maximum absolute atomic E-state index is 14.0. The van der Waals surface area contributed by atoms with E-state index in [1.807, 2.05) is 4.72 Å². The fourth-order valence-electron chi connectivity index (χ4n) is 3.07. The molecule has 0 radical (unpaired) electrons. The number of halogens is 2. The highest BCUT2D eigenvalue weighted by Crippen LogP contribution is 2.18. The van der Waals surface area contributed by atoms with Crippen LogP contribution in [0.25, 0.3) is 0 Å². The highest BCUT2D eigenvalue weighted by atomic mass is 32.2. The van der Waals surface area contributed by atoms with E-state index in [1.54, 1.807) is 17.0 Å². The molecule has 0 spiro atoms. The van der Waals surface area contributed by atoms with Gasteiger partial charge in [-0.2, -0.15) is 0 Å². The molecule has 0 aromatic heterocycles. The first kappa shape index (κ1) is 20.7. The topological polar surface area (TPSA) is 86.8 Å². The lowest BCUT2D eigenvalue weighted by Crippen LogP contribution is -2.51. The van der Waals surface area contributed by atoms with Gasteiger partial charge in [0.2, 0.25) is 16.8 Å². The van der Waals surface area contributed by atoms with E-state index in [0.29, 0.717) is 31.7 Å². The fourth-order valence-corrected chi connectivity index (χ4v) is 3.45. The van der Waals surface area contributed by atoms with Crippen molar-refractivity contribution in [3.8, 4) is 0 Å². The summed E-state index contributed by atoms with van der Waals surface area (Å²) in [7, 11) is -3.00. The van der Waals surface area contributed by atoms with E-state index in [9.17, 15) is 26.8 Å². The number of hydrogen-bond donors (Lipinski definition) is 2. The van der Waals surface area contributed by atoms with Crippen molar-refractivity contribution in [2.45, 2.75) is 6.42 Å². The zero-order valence-electron chi connectivity index (χ0n) is 15.3. The molecular weight excluding hydrogens is 404 g/mol. The van der Waals surface area contributed by atoms with Crippen molar-refractivity contribution in [1.82, 2.24) is 9.80 Å². The van der Waals surface area contributed by atoms with Gasteiger partial charge in [0.25, 0.3) is 5.91 Å². The molecule has 0 unspecified atom stereocenters. The van der Waals surface area contributed by atoms with Gasteiger partial charge >= 0.3 is 0 Å². The van der Waals surface area contributed by atoms with Gasteiger partial charge in [-0.25, -0.2) is 17.2 Å². The molecule has 154 valence electrons. The molecule has 2 aromatic rings.